The molecule has 0 atom stereocenters. The van der Waals surface area contributed by atoms with Crippen LogP contribution in [0.1, 0.15) is 23.7 Å². The van der Waals surface area contributed by atoms with Gasteiger partial charge < -0.3 is 10.5 Å². The van der Waals surface area contributed by atoms with E-state index in [1.807, 2.05) is 6.92 Å². The first-order valence-electron chi connectivity index (χ1n) is 8.19. The molecule has 10 heteroatoms. The number of anilines is 2. The summed E-state index contributed by atoms with van der Waals surface area (Å²) in [5.41, 5.74) is 4.74. The van der Waals surface area contributed by atoms with Crippen molar-refractivity contribution in [1.82, 2.24) is 9.55 Å². The molecule has 0 aliphatic rings. The molecule has 1 aromatic carbocycles. The zero-order valence-corrected chi connectivity index (χ0v) is 16.4. The summed E-state index contributed by atoms with van der Waals surface area (Å²) in [6, 6.07) is 4.35. The lowest BCUT2D eigenvalue weighted by atomic mass is 10.2. The van der Waals surface area contributed by atoms with Crippen LogP contribution in [-0.4, -0.2) is 35.7 Å². The number of rotatable bonds is 7. The second-order valence-electron chi connectivity index (χ2n) is 5.75. The molecule has 27 heavy (non-hydrogen) atoms. The topological polar surface area (TPSA) is 110 Å². The molecule has 1 amide bonds. The predicted octanol–water partition coefficient (Wildman–Crippen LogP) is 2.13. The van der Waals surface area contributed by atoms with Crippen molar-refractivity contribution in [2.45, 2.75) is 19.9 Å². The summed E-state index contributed by atoms with van der Waals surface area (Å²) < 4.78 is 6.26. The summed E-state index contributed by atoms with van der Waals surface area (Å²) in [5, 5.41) is 0.547. The maximum atomic E-state index is 13.1. The monoisotopic (exact) mass is 414 g/mol. The zero-order valence-electron chi connectivity index (χ0n) is 14.9. The Morgan fingerprint density at radius 2 is 1.89 bits per heavy atom. The molecule has 0 aliphatic heterocycles. The van der Waals surface area contributed by atoms with Gasteiger partial charge in [0.15, 0.2) is 5.69 Å². The van der Waals surface area contributed by atoms with Gasteiger partial charge in [0.1, 0.15) is 5.82 Å². The lowest BCUT2D eigenvalue weighted by Gasteiger charge is -2.24. The van der Waals surface area contributed by atoms with Gasteiger partial charge in [-0.3, -0.25) is 24.0 Å². The van der Waals surface area contributed by atoms with Crippen molar-refractivity contribution in [1.29, 1.82) is 0 Å². The van der Waals surface area contributed by atoms with E-state index in [9.17, 15) is 14.4 Å². The van der Waals surface area contributed by atoms with E-state index in [2.05, 4.69) is 4.98 Å². The van der Waals surface area contributed by atoms with Crippen LogP contribution in [-0.2, 0) is 11.3 Å². The van der Waals surface area contributed by atoms with E-state index in [1.54, 1.807) is 0 Å². The highest BCUT2D eigenvalue weighted by Crippen LogP contribution is 2.23. The van der Waals surface area contributed by atoms with Crippen LogP contribution in [0.15, 0.2) is 27.8 Å². The van der Waals surface area contributed by atoms with Gasteiger partial charge in [0.25, 0.3) is 11.5 Å². The largest absolute Gasteiger partial charge is 0.383 e. The number of carbonyl (C=O) groups excluding carboxylic acids is 1. The zero-order chi connectivity index (χ0) is 20.1. The molecule has 1 aromatic heterocycles. The van der Waals surface area contributed by atoms with Crippen LogP contribution in [0.4, 0.5) is 11.5 Å². The molecule has 0 fully saturated rings. The molecule has 0 saturated carbocycles. The Kier molecular flexibility index (Phi) is 7.06. The van der Waals surface area contributed by atoms with E-state index >= 15 is 0 Å². The Labute approximate surface area is 165 Å². The van der Waals surface area contributed by atoms with Gasteiger partial charge >= 0.3 is 5.69 Å². The molecule has 2 aromatic rings. The standard InChI is InChI=1S/C17H20Cl2N4O4/c1-3-4-23-14(20)13(15(24)21-17(23)26)22(5-6-27-2)16(25)10-7-11(18)9-12(19)8-10/h7-9H,3-6,20H2,1-2H3,(H,21,24,26). The van der Waals surface area contributed by atoms with Crippen molar-refractivity contribution in [3.8, 4) is 0 Å². The Morgan fingerprint density at radius 3 is 2.44 bits per heavy atom. The number of methoxy groups -OCH3 is 1. The molecule has 8 nitrogen and oxygen atoms in total. The smallest absolute Gasteiger partial charge is 0.330 e. The first kappa shape index (κ1) is 21.0. The molecule has 3 N–H and O–H groups in total. The minimum absolute atomic E-state index is 0.0388. The van der Waals surface area contributed by atoms with Gasteiger partial charge in [-0.25, -0.2) is 4.79 Å². The third-order valence-corrected chi connectivity index (χ3v) is 4.24. The van der Waals surface area contributed by atoms with Crippen molar-refractivity contribution < 1.29 is 9.53 Å². The maximum absolute atomic E-state index is 13.1. The highest BCUT2D eigenvalue weighted by atomic mass is 35.5. The fraction of sp³-hybridized carbons (Fsp3) is 0.353. The molecular weight excluding hydrogens is 395 g/mol. The minimum atomic E-state index is -0.762. The van der Waals surface area contributed by atoms with E-state index < -0.39 is 17.2 Å². The van der Waals surface area contributed by atoms with Gasteiger partial charge in [-0.1, -0.05) is 30.1 Å². The number of aromatic amines is 1. The minimum Gasteiger partial charge on any atom is -0.383 e. The molecule has 0 aliphatic carbocycles. The second-order valence-corrected chi connectivity index (χ2v) is 6.63. The Hall–Kier alpha value is -2.29. The molecule has 0 radical (unpaired) electrons. The number of ether oxygens (including phenoxy) is 1. The summed E-state index contributed by atoms with van der Waals surface area (Å²) >= 11 is 12.0. The van der Waals surface area contributed by atoms with Crippen molar-refractivity contribution in [3.05, 3.63) is 54.6 Å². The number of aromatic nitrogens is 2. The average Bonchev–Trinajstić information content (AvgIpc) is 2.59. The molecular formula is C17H20Cl2N4O4. The number of nitrogen functional groups attached to an aromatic ring is 1. The number of benzene rings is 1. The normalized spacial score (nSPS) is 10.8. The van der Waals surface area contributed by atoms with E-state index in [0.29, 0.717) is 13.0 Å². The Morgan fingerprint density at radius 1 is 1.26 bits per heavy atom. The van der Waals surface area contributed by atoms with Crippen LogP contribution in [0.5, 0.6) is 0 Å². The quantitative estimate of drug-likeness (QED) is 0.720. The van der Waals surface area contributed by atoms with Crippen LogP contribution < -0.4 is 21.9 Å². The lowest BCUT2D eigenvalue weighted by Crippen LogP contribution is -2.42. The van der Waals surface area contributed by atoms with E-state index in [1.165, 1.54) is 29.9 Å². The fourth-order valence-corrected chi connectivity index (χ4v) is 3.14. The Bertz CT molecular complexity index is 935. The van der Waals surface area contributed by atoms with Crippen LogP contribution in [0.3, 0.4) is 0 Å². The summed E-state index contributed by atoms with van der Waals surface area (Å²) in [6.45, 7) is 2.34. The summed E-state index contributed by atoms with van der Waals surface area (Å²) in [4.78, 5) is 40.9. The molecule has 146 valence electrons. The van der Waals surface area contributed by atoms with Crippen molar-refractivity contribution in [2.75, 3.05) is 30.9 Å². The number of halogens is 2. The number of H-pyrrole nitrogens is 1. The predicted molar refractivity (Wildman–Crippen MR) is 106 cm³/mol. The summed E-state index contributed by atoms with van der Waals surface area (Å²) in [6.07, 6.45) is 0.617. The average molecular weight is 415 g/mol. The van der Waals surface area contributed by atoms with E-state index in [-0.39, 0.29) is 40.3 Å². The SMILES string of the molecule is CCCn1c(N)c(N(CCOC)C(=O)c2cc(Cl)cc(Cl)c2)c(=O)[nH]c1=O. The fourth-order valence-electron chi connectivity index (χ4n) is 2.61. The number of hydrogen-bond donors (Lipinski definition) is 2. The number of amides is 1. The molecule has 0 saturated heterocycles. The van der Waals surface area contributed by atoms with Gasteiger partial charge in [-0.15, -0.1) is 0 Å². The highest BCUT2D eigenvalue weighted by molar-refractivity contribution is 6.35. The summed E-state index contributed by atoms with van der Waals surface area (Å²) in [7, 11) is 1.46. The van der Waals surface area contributed by atoms with Crippen LogP contribution >= 0.6 is 23.2 Å². The van der Waals surface area contributed by atoms with Crippen LogP contribution in [0, 0.1) is 0 Å². The Balaban J connectivity index is 2.63. The van der Waals surface area contributed by atoms with E-state index in [0.717, 1.165) is 4.90 Å². The lowest BCUT2D eigenvalue weighted by molar-refractivity contribution is 0.0975. The number of hydrogen-bond acceptors (Lipinski definition) is 5. The van der Waals surface area contributed by atoms with Gasteiger partial charge in [-0.05, 0) is 24.6 Å². The van der Waals surface area contributed by atoms with Crippen molar-refractivity contribution in [3.63, 3.8) is 0 Å². The third kappa shape index (κ3) is 4.71. The maximum Gasteiger partial charge on any atom is 0.330 e. The van der Waals surface area contributed by atoms with Crippen LogP contribution in [0.25, 0.3) is 0 Å². The van der Waals surface area contributed by atoms with E-state index in [4.69, 9.17) is 33.7 Å². The molecule has 1 heterocycles. The number of carbonyl (C=O) groups is 1. The van der Waals surface area contributed by atoms with Gasteiger partial charge in [0.2, 0.25) is 0 Å². The van der Waals surface area contributed by atoms with Gasteiger partial charge in [0, 0.05) is 35.8 Å². The third-order valence-electron chi connectivity index (χ3n) is 3.80. The number of nitrogens with one attached hydrogen (secondary N) is 1. The molecule has 2 rings (SSSR count). The first-order chi connectivity index (χ1) is 12.8. The summed E-state index contributed by atoms with van der Waals surface area (Å²) in [5.74, 6) is -0.640. The number of nitrogens with two attached hydrogens (primary N) is 1. The number of nitrogens with zero attached hydrogens (tertiary/aromatic N) is 2. The molecule has 0 bridgehead atoms. The highest BCUT2D eigenvalue weighted by Gasteiger charge is 2.25. The van der Waals surface area contributed by atoms with Gasteiger partial charge in [-0.2, -0.15) is 0 Å². The van der Waals surface area contributed by atoms with Gasteiger partial charge in [0.05, 0.1) is 6.61 Å². The second kappa shape index (κ2) is 9.07. The molecule has 0 unspecified atom stereocenters. The van der Waals surface area contributed by atoms with Crippen molar-refractivity contribution >= 4 is 40.6 Å². The first-order valence-corrected chi connectivity index (χ1v) is 8.95. The van der Waals surface area contributed by atoms with Crippen molar-refractivity contribution in [2.24, 2.45) is 0 Å². The van der Waals surface area contributed by atoms with Crippen LogP contribution in [0.2, 0.25) is 10.0 Å². The molecule has 0 spiro atoms.